The van der Waals surface area contributed by atoms with Crippen LogP contribution in [0, 0.1) is 10.1 Å². The number of carbonyl (C=O) groups excluding carboxylic acids is 1. The van der Waals surface area contributed by atoms with E-state index in [0.29, 0.717) is 29.7 Å². The van der Waals surface area contributed by atoms with Crippen molar-refractivity contribution < 1.29 is 14.5 Å². The number of nitrogens with one attached hydrogen (secondary N) is 1. The van der Waals surface area contributed by atoms with Gasteiger partial charge in [-0.2, -0.15) is 0 Å². The summed E-state index contributed by atoms with van der Waals surface area (Å²) in [6.45, 7) is 2.04. The standard InChI is InChI=1S/C13H18BrN3O4/c1-13(16-2,12(15)18)6-3-7-21-11-8-9(17(19)20)4-5-10(11)14/h4-5,8,16H,3,6-7H2,1-2H3,(H2,15,18). The number of nitrogens with two attached hydrogens (primary N) is 1. The molecular weight excluding hydrogens is 342 g/mol. The molecule has 0 radical (unpaired) electrons. The van der Waals surface area contributed by atoms with Gasteiger partial charge in [0.2, 0.25) is 5.91 Å². The predicted octanol–water partition coefficient (Wildman–Crippen LogP) is 1.98. The SMILES string of the molecule is CNC(C)(CCCOc1cc([N+](=O)[O-])ccc1Br)C(N)=O. The summed E-state index contributed by atoms with van der Waals surface area (Å²) in [5, 5.41) is 13.6. The molecule has 0 aliphatic heterocycles. The summed E-state index contributed by atoms with van der Waals surface area (Å²) in [5.74, 6) is -0.0315. The van der Waals surface area contributed by atoms with Crippen molar-refractivity contribution in [1.29, 1.82) is 0 Å². The van der Waals surface area contributed by atoms with Crippen LogP contribution in [-0.2, 0) is 4.79 Å². The molecule has 0 heterocycles. The summed E-state index contributed by atoms with van der Waals surface area (Å²) in [7, 11) is 1.67. The van der Waals surface area contributed by atoms with E-state index in [1.807, 2.05) is 0 Å². The highest BCUT2D eigenvalue weighted by molar-refractivity contribution is 9.10. The van der Waals surface area contributed by atoms with E-state index in [-0.39, 0.29) is 5.69 Å². The van der Waals surface area contributed by atoms with Gasteiger partial charge in [-0.15, -0.1) is 0 Å². The number of carbonyl (C=O) groups is 1. The monoisotopic (exact) mass is 359 g/mol. The van der Waals surface area contributed by atoms with Gasteiger partial charge < -0.3 is 15.8 Å². The Balaban J connectivity index is 2.59. The van der Waals surface area contributed by atoms with Gasteiger partial charge in [0.05, 0.1) is 27.6 Å². The van der Waals surface area contributed by atoms with Crippen molar-refractivity contribution in [2.24, 2.45) is 5.73 Å². The van der Waals surface area contributed by atoms with Crippen LogP contribution in [0.3, 0.4) is 0 Å². The van der Waals surface area contributed by atoms with E-state index in [0.717, 1.165) is 0 Å². The number of primary amides is 1. The zero-order valence-corrected chi connectivity index (χ0v) is 13.5. The van der Waals surface area contributed by atoms with Crippen molar-refractivity contribution in [1.82, 2.24) is 5.32 Å². The minimum Gasteiger partial charge on any atom is -0.492 e. The Morgan fingerprint density at radius 2 is 2.24 bits per heavy atom. The Morgan fingerprint density at radius 3 is 2.76 bits per heavy atom. The van der Waals surface area contributed by atoms with E-state index >= 15 is 0 Å². The molecule has 0 fully saturated rings. The number of hydrogen-bond acceptors (Lipinski definition) is 5. The van der Waals surface area contributed by atoms with Gasteiger partial charge >= 0.3 is 0 Å². The molecule has 0 saturated carbocycles. The molecule has 0 aromatic heterocycles. The van der Waals surface area contributed by atoms with Crippen molar-refractivity contribution in [3.05, 3.63) is 32.8 Å². The van der Waals surface area contributed by atoms with Crippen LogP contribution < -0.4 is 15.8 Å². The molecule has 1 unspecified atom stereocenters. The Morgan fingerprint density at radius 1 is 1.57 bits per heavy atom. The molecule has 0 spiro atoms. The smallest absolute Gasteiger partial charge is 0.273 e. The van der Waals surface area contributed by atoms with Crippen LogP contribution in [0.25, 0.3) is 0 Å². The number of ether oxygens (including phenoxy) is 1. The molecule has 3 N–H and O–H groups in total. The lowest BCUT2D eigenvalue weighted by Gasteiger charge is -2.25. The van der Waals surface area contributed by atoms with Crippen molar-refractivity contribution in [2.45, 2.75) is 25.3 Å². The number of rotatable bonds is 8. The predicted molar refractivity (Wildman–Crippen MR) is 82.2 cm³/mol. The van der Waals surface area contributed by atoms with Crippen molar-refractivity contribution in [3.63, 3.8) is 0 Å². The van der Waals surface area contributed by atoms with Gasteiger partial charge in [-0.05, 0) is 48.8 Å². The molecule has 1 aromatic carbocycles. The summed E-state index contributed by atoms with van der Waals surface area (Å²) in [4.78, 5) is 21.6. The van der Waals surface area contributed by atoms with E-state index < -0.39 is 16.4 Å². The number of benzene rings is 1. The van der Waals surface area contributed by atoms with Gasteiger partial charge in [0.1, 0.15) is 5.75 Å². The molecule has 1 amide bonds. The van der Waals surface area contributed by atoms with Crippen molar-refractivity contribution in [2.75, 3.05) is 13.7 Å². The fraction of sp³-hybridized carbons (Fsp3) is 0.462. The van der Waals surface area contributed by atoms with E-state index in [4.69, 9.17) is 10.5 Å². The van der Waals surface area contributed by atoms with Gasteiger partial charge in [-0.1, -0.05) is 0 Å². The molecule has 0 aliphatic rings. The molecule has 0 bridgehead atoms. The number of nitro benzene ring substituents is 1. The number of non-ortho nitro benzene ring substituents is 1. The van der Waals surface area contributed by atoms with Crippen LogP contribution in [-0.4, -0.2) is 30.0 Å². The van der Waals surface area contributed by atoms with Crippen LogP contribution in [0.4, 0.5) is 5.69 Å². The summed E-state index contributed by atoms with van der Waals surface area (Å²) in [6.07, 6.45) is 1.08. The van der Waals surface area contributed by atoms with Gasteiger partial charge in [0.25, 0.3) is 5.69 Å². The summed E-state index contributed by atoms with van der Waals surface area (Å²) >= 11 is 3.27. The third-order valence-corrected chi connectivity index (χ3v) is 3.96. The first kappa shape index (κ1) is 17.4. The number of amides is 1. The second kappa shape index (κ2) is 7.37. The number of halogens is 1. The largest absolute Gasteiger partial charge is 0.492 e. The lowest BCUT2D eigenvalue weighted by molar-refractivity contribution is -0.385. The molecule has 7 nitrogen and oxygen atoms in total. The highest BCUT2D eigenvalue weighted by Gasteiger charge is 2.28. The molecule has 1 rings (SSSR count). The summed E-state index contributed by atoms with van der Waals surface area (Å²) in [5.41, 5.74) is 4.50. The van der Waals surface area contributed by atoms with Crippen LogP contribution in [0.15, 0.2) is 22.7 Å². The van der Waals surface area contributed by atoms with Crippen molar-refractivity contribution >= 4 is 27.5 Å². The molecule has 1 aromatic rings. The van der Waals surface area contributed by atoms with Crippen molar-refractivity contribution in [3.8, 4) is 5.75 Å². The molecule has 1 atom stereocenters. The van der Waals surface area contributed by atoms with Gasteiger partial charge in [0, 0.05) is 6.07 Å². The van der Waals surface area contributed by atoms with Gasteiger partial charge in [-0.25, -0.2) is 0 Å². The van der Waals surface area contributed by atoms with E-state index in [2.05, 4.69) is 21.2 Å². The lowest BCUT2D eigenvalue weighted by atomic mass is 9.95. The third-order valence-electron chi connectivity index (χ3n) is 3.30. The first-order chi connectivity index (χ1) is 9.80. The average Bonchev–Trinajstić information content (AvgIpc) is 2.44. The zero-order valence-electron chi connectivity index (χ0n) is 11.9. The number of nitrogens with zero attached hydrogens (tertiary/aromatic N) is 1. The van der Waals surface area contributed by atoms with E-state index in [1.54, 1.807) is 20.0 Å². The lowest BCUT2D eigenvalue weighted by Crippen LogP contribution is -2.51. The normalized spacial score (nSPS) is 13.5. The summed E-state index contributed by atoms with van der Waals surface area (Å²) < 4.78 is 6.15. The summed E-state index contributed by atoms with van der Waals surface area (Å²) in [6, 6.07) is 4.31. The van der Waals surface area contributed by atoms with Crippen LogP contribution in [0.5, 0.6) is 5.75 Å². The Labute approximate surface area is 131 Å². The fourth-order valence-electron chi connectivity index (χ4n) is 1.70. The number of nitro groups is 1. The maximum absolute atomic E-state index is 11.3. The van der Waals surface area contributed by atoms with E-state index in [1.165, 1.54) is 12.1 Å². The maximum Gasteiger partial charge on any atom is 0.273 e. The first-order valence-corrected chi connectivity index (χ1v) is 7.15. The maximum atomic E-state index is 11.3. The molecule has 21 heavy (non-hydrogen) atoms. The molecule has 0 saturated heterocycles. The van der Waals surface area contributed by atoms with E-state index in [9.17, 15) is 14.9 Å². The fourth-order valence-corrected chi connectivity index (χ4v) is 2.06. The van der Waals surface area contributed by atoms with Crippen LogP contribution >= 0.6 is 15.9 Å². The molecule has 0 aliphatic carbocycles. The molecular formula is C13H18BrN3O4. The Kier molecular flexibility index (Phi) is 6.10. The van der Waals surface area contributed by atoms with Crippen LogP contribution in [0.1, 0.15) is 19.8 Å². The molecule has 8 heteroatoms. The molecule has 116 valence electrons. The number of hydrogen-bond donors (Lipinski definition) is 2. The number of likely N-dealkylation sites (N-methyl/N-ethyl adjacent to an activating group) is 1. The minimum atomic E-state index is -0.788. The first-order valence-electron chi connectivity index (χ1n) is 6.35. The van der Waals surface area contributed by atoms with Gasteiger partial charge in [0.15, 0.2) is 0 Å². The average molecular weight is 360 g/mol. The minimum absolute atomic E-state index is 0.0367. The Hall–Kier alpha value is -1.67. The quantitative estimate of drug-likeness (QED) is 0.419. The van der Waals surface area contributed by atoms with Crippen LogP contribution in [0.2, 0.25) is 0 Å². The second-order valence-corrected chi connectivity index (χ2v) is 5.62. The highest BCUT2D eigenvalue weighted by Crippen LogP contribution is 2.29. The Bertz CT molecular complexity index is 538. The topological polar surface area (TPSA) is 107 Å². The van der Waals surface area contributed by atoms with Gasteiger partial charge in [-0.3, -0.25) is 14.9 Å². The highest BCUT2D eigenvalue weighted by atomic mass is 79.9. The third kappa shape index (κ3) is 4.68. The zero-order chi connectivity index (χ0) is 16.0. The second-order valence-electron chi connectivity index (χ2n) is 4.77.